The van der Waals surface area contributed by atoms with Crippen LogP contribution >= 0.6 is 0 Å². The second-order valence-electron chi connectivity index (χ2n) is 7.71. The normalized spacial score (nSPS) is 15.2. The number of ether oxygens (including phenoxy) is 1. The molecule has 0 N–H and O–H groups in total. The maximum absolute atomic E-state index is 12.9. The number of hydrogen-bond donors (Lipinski definition) is 0. The van der Waals surface area contributed by atoms with Gasteiger partial charge in [0.25, 0.3) is 0 Å². The molecule has 0 spiro atoms. The molecule has 30 heavy (non-hydrogen) atoms. The van der Waals surface area contributed by atoms with Gasteiger partial charge in [-0.3, -0.25) is 4.79 Å². The van der Waals surface area contributed by atoms with Crippen LogP contribution in [-0.4, -0.2) is 32.4 Å². The van der Waals surface area contributed by atoms with Gasteiger partial charge >= 0.3 is 10.1 Å². The molecule has 1 saturated carbocycles. The second kappa shape index (κ2) is 9.51. The van der Waals surface area contributed by atoms with E-state index in [-0.39, 0.29) is 28.5 Å². The van der Waals surface area contributed by atoms with Crippen molar-refractivity contribution in [3.05, 3.63) is 54.1 Å². The Labute approximate surface area is 178 Å². The second-order valence-corrected chi connectivity index (χ2v) is 9.26. The molecule has 0 radical (unpaired) electrons. The van der Waals surface area contributed by atoms with Crippen LogP contribution in [0.15, 0.2) is 53.4 Å². The quantitative estimate of drug-likeness (QED) is 0.551. The fourth-order valence-corrected chi connectivity index (χ4v) is 4.29. The predicted molar refractivity (Wildman–Crippen MR) is 115 cm³/mol. The van der Waals surface area contributed by atoms with Gasteiger partial charge in [0.05, 0.1) is 7.11 Å². The van der Waals surface area contributed by atoms with E-state index in [0.717, 1.165) is 31.2 Å². The smallest absolute Gasteiger partial charge is 0.339 e. The van der Waals surface area contributed by atoms with Crippen LogP contribution in [0.1, 0.15) is 45.1 Å². The van der Waals surface area contributed by atoms with Gasteiger partial charge in [-0.2, -0.15) is 8.42 Å². The van der Waals surface area contributed by atoms with Crippen molar-refractivity contribution in [2.24, 2.45) is 5.92 Å². The zero-order valence-electron chi connectivity index (χ0n) is 17.7. The van der Waals surface area contributed by atoms with Crippen LogP contribution in [0.2, 0.25) is 0 Å². The SMILES string of the molecule is CC[C@H](C)N(Cc1cccc(OS(=O)(=O)c2ccc(OC)cc2)c1)C(=O)C1CCC1. The predicted octanol–water partition coefficient (Wildman–Crippen LogP) is 4.39. The summed E-state index contributed by atoms with van der Waals surface area (Å²) < 4.78 is 35.6. The Morgan fingerprint density at radius 2 is 1.83 bits per heavy atom. The molecule has 3 rings (SSSR count). The summed E-state index contributed by atoms with van der Waals surface area (Å²) >= 11 is 0. The average Bonchev–Trinajstić information content (AvgIpc) is 2.70. The van der Waals surface area contributed by atoms with E-state index >= 15 is 0 Å². The maximum Gasteiger partial charge on any atom is 0.339 e. The summed E-state index contributed by atoms with van der Waals surface area (Å²) in [6, 6.07) is 13.1. The molecule has 1 aliphatic rings. The Morgan fingerprint density at radius 1 is 1.13 bits per heavy atom. The minimum absolute atomic E-state index is 0.0510. The minimum Gasteiger partial charge on any atom is -0.497 e. The first-order valence-corrected chi connectivity index (χ1v) is 11.7. The van der Waals surface area contributed by atoms with E-state index in [1.807, 2.05) is 17.9 Å². The van der Waals surface area contributed by atoms with E-state index in [4.69, 9.17) is 8.92 Å². The van der Waals surface area contributed by atoms with Crippen LogP contribution in [0, 0.1) is 5.92 Å². The number of benzene rings is 2. The molecular weight excluding hydrogens is 402 g/mol. The van der Waals surface area contributed by atoms with E-state index in [1.54, 1.807) is 30.3 Å². The zero-order valence-corrected chi connectivity index (χ0v) is 18.5. The molecule has 7 heteroatoms. The Morgan fingerprint density at radius 3 is 2.40 bits per heavy atom. The Bertz CT molecular complexity index is 967. The molecule has 0 aliphatic heterocycles. The van der Waals surface area contributed by atoms with Gasteiger partial charge in [0.1, 0.15) is 16.4 Å². The fourth-order valence-electron chi connectivity index (χ4n) is 3.37. The molecule has 2 aromatic rings. The molecule has 0 unspecified atom stereocenters. The van der Waals surface area contributed by atoms with Gasteiger partial charge in [0.15, 0.2) is 0 Å². The first-order valence-electron chi connectivity index (χ1n) is 10.3. The Hall–Kier alpha value is -2.54. The van der Waals surface area contributed by atoms with Crippen molar-refractivity contribution < 1.29 is 22.1 Å². The molecule has 0 saturated heterocycles. The van der Waals surface area contributed by atoms with E-state index in [9.17, 15) is 13.2 Å². The van der Waals surface area contributed by atoms with Crippen LogP contribution in [-0.2, 0) is 21.5 Å². The summed E-state index contributed by atoms with van der Waals surface area (Å²) in [6.07, 6.45) is 3.88. The van der Waals surface area contributed by atoms with E-state index in [2.05, 4.69) is 6.92 Å². The molecular formula is C23H29NO5S. The van der Waals surface area contributed by atoms with Crippen LogP contribution in [0.25, 0.3) is 0 Å². The van der Waals surface area contributed by atoms with Gasteiger partial charge in [0.2, 0.25) is 5.91 Å². The summed E-state index contributed by atoms with van der Waals surface area (Å²) in [4.78, 5) is 14.8. The highest BCUT2D eigenvalue weighted by Gasteiger charge is 2.31. The molecule has 0 heterocycles. The van der Waals surface area contributed by atoms with Gasteiger partial charge in [-0.1, -0.05) is 25.5 Å². The standard InChI is InChI=1S/C23H29NO5S/c1-4-17(2)24(23(25)19-8-6-9-19)16-18-7-5-10-21(15-18)29-30(26,27)22-13-11-20(28-3)12-14-22/h5,7,10-15,17,19H,4,6,8-9,16H2,1-3H3/t17-/m0/s1. The van der Waals surface area contributed by atoms with E-state index < -0.39 is 10.1 Å². The minimum atomic E-state index is -3.97. The van der Waals surface area contributed by atoms with Crippen molar-refractivity contribution >= 4 is 16.0 Å². The molecule has 1 fully saturated rings. The van der Waals surface area contributed by atoms with Gasteiger partial charge in [-0.05, 0) is 68.1 Å². The van der Waals surface area contributed by atoms with Crippen molar-refractivity contribution in [3.63, 3.8) is 0 Å². The first kappa shape index (κ1) is 22.2. The lowest BCUT2D eigenvalue weighted by atomic mass is 9.84. The molecule has 162 valence electrons. The largest absolute Gasteiger partial charge is 0.497 e. The lowest BCUT2D eigenvalue weighted by Crippen LogP contribution is -2.43. The monoisotopic (exact) mass is 431 g/mol. The molecule has 1 aliphatic carbocycles. The molecule has 0 bridgehead atoms. The lowest BCUT2D eigenvalue weighted by Gasteiger charge is -2.35. The van der Waals surface area contributed by atoms with Crippen molar-refractivity contribution in [2.75, 3.05) is 7.11 Å². The van der Waals surface area contributed by atoms with Crippen molar-refractivity contribution in [3.8, 4) is 11.5 Å². The van der Waals surface area contributed by atoms with Gasteiger partial charge in [0, 0.05) is 18.5 Å². The van der Waals surface area contributed by atoms with Crippen LogP contribution < -0.4 is 8.92 Å². The topological polar surface area (TPSA) is 72.9 Å². The van der Waals surface area contributed by atoms with Crippen LogP contribution in [0.3, 0.4) is 0 Å². The fraction of sp³-hybridized carbons (Fsp3) is 0.435. The number of hydrogen-bond acceptors (Lipinski definition) is 5. The Balaban J connectivity index is 1.76. The summed E-state index contributed by atoms with van der Waals surface area (Å²) in [7, 11) is -2.45. The average molecular weight is 432 g/mol. The lowest BCUT2D eigenvalue weighted by molar-refractivity contribution is -0.141. The van der Waals surface area contributed by atoms with E-state index in [1.165, 1.54) is 19.2 Å². The molecule has 2 aromatic carbocycles. The van der Waals surface area contributed by atoms with E-state index in [0.29, 0.717) is 12.3 Å². The van der Waals surface area contributed by atoms with Crippen LogP contribution in [0.4, 0.5) is 0 Å². The summed E-state index contributed by atoms with van der Waals surface area (Å²) in [5.41, 5.74) is 0.838. The third kappa shape index (κ3) is 5.14. The highest BCUT2D eigenvalue weighted by molar-refractivity contribution is 7.87. The van der Waals surface area contributed by atoms with Crippen LogP contribution in [0.5, 0.6) is 11.5 Å². The maximum atomic E-state index is 12.9. The highest BCUT2D eigenvalue weighted by Crippen LogP contribution is 2.30. The number of rotatable bonds is 9. The third-order valence-electron chi connectivity index (χ3n) is 5.67. The van der Waals surface area contributed by atoms with Crippen molar-refractivity contribution in [1.29, 1.82) is 0 Å². The summed E-state index contributed by atoms with van der Waals surface area (Å²) in [5.74, 6) is 1.10. The zero-order chi connectivity index (χ0) is 21.7. The Kier molecular flexibility index (Phi) is 7.02. The first-order chi connectivity index (χ1) is 14.3. The number of methoxy groups -OCH3 is 1. The number of nitrogens with zero attached hydrogens (tertiary/aromatic N) is 1. The molecule has 6 nitrogen and oxygen atoms in total. The number of amides is 1. The molecule has 1 atom stereocenters. The third-order valence-corrected chi connectivity index (χ3v) is 6.93. The molecule has 0 aromatic heterocycles. The van der Waals surface area contributed by atoms with Gasteiger partial charge in [-0.15, -0.1) is 0 Å². The number of carbonyl (C=O) groups excluding carboxylic acids is 1. The van der Waals surface area contributed by atoms with Gasteiger partial charge < -0.3 is 13.8 Å². The summed E-state index contributed by atoms with van der Waals surface area (Å²) in [5, 5.41) is 0. The molecule has 1 amide bonds. The van der Waals surface area contributed by atoms with Crippen molar-refractivity contribution in [1.82, 2.24) is 4.90 Å². The number of carbonyl (C=O) groups is 1. The highest BCUT2D eigenvalue weighted by atomic mass is 32.2. The summed E-state index contributed by atoms with van der Waals surface area (Å²) in [6.45, 7) is 4.54. The van der Waals surface area contributed by atoms with Gasteiger partial charge in [-0.25, -0.2) is 0 Å². The van der Waals surface area contributed by atoms with Crippen molar-refractivity contribution in [2.45, 2.75) is 57.0 Å².